The number of nitrogens with zero attached hydrogens (tertiary/aromatic N) is 1. The van der Waals surface area contributed by atoms with Crippen LogP contribution >= 0.6 is 0 Å². The molecule has 2 fully saturated rings. The van der Waals surface area contributed by atoms with Gasteiger partial charge in [-0.15, -0.1) is 0 Å². The molecule has 32 heavy (non-hydrogen) atoms. The predicted octanol–water partition coefficient (Wildman–Crippen LogP) is 1.40. The van der Waals surface area contributed by atoms with E-state index in [-0.39, 0.29) is 48.6 Å². The lowest BCUT2D eigenvalue weighted by Gasteiger charge is -2.14. The monoisotopic (exact) mass is 439 g/mol. The molecule has 1 aliphatic heterocycles. The van der Waals surface area contributed by atoms with Crippen molar-refractivity contribution < 1.29 is 28.7 Å². The summed E-state index contributed by atoms with van der Waals surface area (Å²) in [5, 5.41) is 5.45. The molecule has 0 bridgehead atoms. The van der Waals surface area contributed by atoms with Gasteiger partial charge in [0.1, 0.15) is 0 Å². The number of carbonyl (C=O) groups is 5. The molecule has 9 nitrogen and oxygen atoms in total. The van der Waals surface area contributed by atoms with Gasteiger partial charge in [0.15, 0.2) is 6.61 Å². The lowest BCUT2D eigenvalue weighted by atomic mass is 9.85. The summed E-state index contributed by atoms with van der Waals surface area (Å²) in [5.41, 5.74) is 0.664. The number of imide groups is 1. The van der Waals surface area contributed by atoms with Gasteiger partial charge in [0, 0.05) is 12.6 Å². The summed E-state index contributed by atoms with van der Waals surface area (Å²) in [6.45, 7) is -0.593. The van der Waals surface area contributed by atoms with Crippen molar-refractivity contribution in [1.29, 1.82) is 0 Å². The third-order valence-electron chi connectivity index (χ3n) is 5.86. The maximum Gasteiger partial charge on any atom is 0.308 e. The van der Waals surface area contributed by atoms with Crippen LogP contribution in [0.4, 0.5) is 5.69 Å². The minimum absolute atomic E-state index is 0.0602. The fraction of sp³-hybridized carbons (Fsp3) is 0.435. The number of allylic oxidation sites excluding steroid dienone is 2. The van der Waals surface area contributed by atoms with Crippen LogP contribution in [-0.2, 0) is 23.9 Å². The number of fused-ring (bicyclic) bond motifs is 1. The van der Waals surface area contributed by atoms with Gasteiger partial charge in [-0.05, 0) is 37.8 Å². The Morgan fingerprint density at radius 1 is 1.00 bits per heavy atom. The molecule has 1 aromatic carbocycles. The molecular weight excluding hydrogens is 414 g/mol. The van der Waals surface area contributed by atoms with E-state index in [0.717, 1.165) is 17.7 Å². The second kappa shape index (κ2) is 9.33. The second-order valence-electron chi connectivity index (χ2n) is 8.24. The average Bonchev–Trinajstić information content (AvgIpc) is 3.57. The Labute approximate surface area is 185 Å². The lowest BCUT2D eigenvalue weighted by Crippen LogP contribution is -2.33. The van der Waals surface area contributed by atoms with E-state index in [4.69, 9.17) is 4.74 Å². The molecule has 2 atom stereocenters. The highest BCUT2D eigenvalue weighted by Gasteiger charge is 2.46. The van der Waals surface area contributed by atoms with E-state index in [1.54, 1.807) is 24.3 Å². The molecule has 0 unspecified atom stereocenters. The molecule has 4 amide bonds. The SMILES string of the molecule is O=C(COC(=O)CCN1C(=O)[C@@H]2CC=CC[C@H]2C1=O)Nc1ccccc1C(=O)NC1CC1. The van der Waals surface area contributed by atoms with Crippen LogP contribution in [0, 0.1) is 11.8 Å². The molecule has 2 N–H and O–H groups in total. The summed E-state index contributed by atoms with van der Waals surface area (Å²) in [6.07, 6.45) is 6.59. The number of hydrogen-bond acceptors (Lipinski definition) is 6. The van der Waals surface area contributed by atoms with Crippen LogP contribution in [0.5, 0.6) is 0 Å². The first-order valence-corrected chi connectivity index (χ1v) is 10.8. The largest absolute Gasteiger partial charge is 0.456 e. The number of hydrogen-bond donors (Lipinski definition) is 2. The number of ether oxygens (including phenoxy) is 1. The Morgan fingerprint density at radius 3 is 2.31 bits per heavy atom. The zero-order valence-electron chi connectivity index (χ0n) is 17.5. The molecule has 1 heterocycles. The Morgan fingerprint density at radius 2 is 1.66 bits per heavy atom. The zero-order chi connectivity index (χ0) is 22.7. The van der Waals surface area contributed by atoms with Crippen molar-refractivity contribution >= 4 is 35.3 Å². The standard InChI is InChI=1S/C23H25N3O6/c27-19(25-18-8-4-3-7-17(18)21(29)24-14-9-10-14)13-32-20(28)11-12-26-22(30)15-5-1-2-6-16(15)23(26)31/h1-4,7-8,14-16H,5-6,9-13H2,(H,24,29)(H,25,27)/t15-,16-/m1/s1. The number of rotatable bonds is 8. The highest BCUT2D eigenvalue weighted by molar-refractivity contribution is 6.06. The second-order valence-corrected chi connectivity index (χ2v) is 8.24. The van der Waals surface area contributed by atoms with Crippen molar-refractivity contribution in [2.45, 2.75) is 38.1 Å². The van der Waals surface area contributed by atoms with E-state index in [1.807, 2.05) is 12.2 Å². The van der Waals surface area contributed by atoms with E-state index >= 15 is 0 Å². The van der Waals surface area contributed by atoms with Crippen molar-refractivity contribution in [3.63, 3.8) is 0 Å². The minimum Gasteiger partial charge on any atom is -0.456 e. The molecule has 1 saturated carbocycles. The number of esters is 1. The first-order chi connectivity index (χ1) is 15.4. The van der Waals surface area contributed by atoms with Crippen molar-refractivity contribution in [3.8, 4) is 0 Å². The summed E-state index contributed by atoms with van der Waals surface area (Å²) in [6, 6.07) is 6.77. The van der Waals surface area contributed by atoms with Gasteiger partial charge in [-0.3, -0.25) is 28.9 Å². The smallest absolute Gasteiger partial charge is 0.308 e. The summed E-state index contributed by atoms with van der Waals surface area (Å²) >= 11 is 0. The van der Waals surface area contributed by atoms with Crippen molar-refractivity contribution in [3.05, 3.63) is 42.0 Å². The quantitative estimate of drug-likeness (QED) is 0.359. The Hall–Kier alpha value is -3.49. The topological polar surface area (TPSA) is 122 Å². The minimum atomic E-state index is -0.687. The fourth-order valence-corrected chi connectivity index (χ4v) is 3.98. The third-order valence-corrected chi connectivity index (χ3v) is 5.86. The molecule has 4 rings (SSSR count). The normalized spacial score (nSPS) is 21.8. The summed E-state index contributed by atoms with van der Waals surface area (Å²) in [4.78, 5) is 62.5. The molecule has 168 valence electrons. The predicted molar refractivity (Wildman–Crippen MR) is 113 cm³/mol. The third kappa shape index (κ3) is 4.87. The number of para-hydroxylation sites is 1. The Kier molecular flexibility index (Phi) is 6.34. The van der Waals surface area contributed by atoms with Crippen molar-refractivity contribution in [2.24, 2.45) is 11.8 Å². The molecule has 1 aromatic rings. The number of nitrogens with one attached hydrogen (secondary N) is 2. The van der Waals surface area contributed by atoms with Gasteiger partial charge < -0.3 is 15.4 Å². The van der Waals surface area contributed by atoms with E-state index in [1.165, 1.54) is 0 Å². The number of carbonyl (C=O) groups excluding carboxylic acids is 5. The van der Waals surface area contributed by atoms with Crippen LogP contribution < -0.4 is 10.6 Å². The van der Waals surface area contributed by atoms with Gasteiger partial charge in [-0.25, -0.2) is 0 Å². The van der Waals surface area contributed by atoms with Gasteiger partial charge >= 0.3 is 5.97 Å². The highest BCUT2D eigenvalue weighted by atomic mass is 16.5. The number of anilines is 1. The molecule has 2 aliphatic carbocycles. The van der Waals surface area contributed by atoms with Gasteiger partial charge in [-0.1, -0.05) is 24.3 Å². The molecule has 0 spiro atoms. The number of benzene rings is 1. The number of amides is 4. The summed E-state index contributed by atoms with van der Waals surface area (Å²) in [5.74, 6) is -2.73. The molecule has 0 aromatic heterocycles. The van der Waals surface area contributed by atoms with E-state index in [0.29, 0.717) is 24.1 Å². The maximum atomic E-state index is 12.4. The van der Waals surface area contributed by atoms with Crippen LogP contribution in [0.1, 0.15) is 42.5 Å². The van der Waals surface area contributed by atoms with Gasteiger partial charge in [0.2, 0.25) is 11.8 Å². The Bertz CT molecular complexity index is 958. The first kappa shape index (κ1) is 21.7. The molecule has 1 saturated heterocycles. The van der Waals surface area contributed by atoms with E-state index in [2.05, 4.69) is 10.6 Å². The average molecular weight is 439 g/mol. The van der Waals surface area contributed by atoms with Gasteiger partial charge in [0.25, 0.3) is 11.8 Å². The highest BCUT2D eigenvalue weighted by Crippen LogP contribution is 2.35. The maximum absolute atomic E-state index is 12.4. The van der Waals surface area contributed by atoms with Crippen molar-refractivity contribution in [2.75, 3.05) is 18.5 Å². The first-order valence-electron chi connectivity index (χ1n) is 10.8. The van der Waals surface area contributed by atoms with Crippen LogP contribution in [0.2, 0.25) is 0 Å². The zero-order valence-corrected chi connectivity index (χ0v) is 17.5. The van der Waals surface area contributed by atoms with Gasteiger partial charge in [-0.2, -0.15) is 0 Å². The summed E-state index contributed by atoms with van der Waals surface area (Å²) in [7, 11) is 0. The van der Waals surface area contributed by atoms with Crippen LogP contribution in [0.3, 0.4) is 0 Å². The lowest BCUT2D eigenvalue weighted by molar-refractivity contribution is -0.148. The number of likely N-dealkylation sites (tertiary alicyclic amines) is 1. The van der Waals surface area contributed by atoms with Gasteiger partial charge in [0.05, 0.1) is 29.5 Å². The molecule has 0 radical (unpaired) electrons. The fourth-order valence-electron chi connectivity index (χ4n) is 3.98. The molecular formula is C23H25N3O6. The van der Waals surface area contributed by atoms with E-state index in [9.17, 15) is 24.0 Å². The van der Waals surface area contributed by atoms with Crippen LogP contribution in [0.25, 0.3) is 0 Å². The summed E-state index contributed by atoms with van der Waals surface area (Å²) < 4.78 is 4.99. The van der Waals surface area contributed by atoms with E-state index < -0.39 is 18.5 Å². The molecule has 3 aliphatic rings. The van der Waals surface area contributed by atoms with Crippen molar-refractivity contribution in [1.82, 2.24) is 10.2 Å². The molecule has 9 heteroatoms. The van der Waals surface area contributed by atoms with Crippen LogP contribution in [0.15, 0.2) is 36.4 Å². The van der Waals surface area contributed by atoms with Crippen LogP contribution in [-0.4, -0.2) is 53.7 Å². The Balaban J connectivity index is 1.23.